The van der Waals surface area contributed by atoms with E-state index >= 15 is 0 Å². The lowest BCUT2D eigenvalue weighted by atomic mass is 10.1. The molecule has 0 fully saturated rings. The van der Waals surface area contributed by atoms with E-state index in [0.29, 0.717) is 19.8 Å². The predicted molar refractivity (Wildman–Crippen MR) is 80.7 cm³/mol. The number of hydrogen-bond donors (Lipinski definition) is 2. The third-order valence-electron chi connectivity index (χ3n) is 2.81. The van der Waals surface area contributed by atoms with Crippen molar-refractivity contribution < 1.29 is 9.47 Å². The highest BCUT2D eigenvalue weighted by molar-refractivity contribution is 5.57. The van der Waals surface area contributed by atoms with Gasteiger partial charge in [-0.05, 0) is 37.1 Å². The highest BCUT2D eigenvalue weighted by Gasteiger charge is 2.00. The van der Waals surface area contributed by atoms with Gasteiger partial charge in [0.25, 0.3) is 0 Å². The zero-order valence-electron chi connectivity index (χ0n) is 12.1. The fourth-order valence-electron chi connectivity index (χ4n) is 1.83. The Bertz CT molecular complexity index is 356. The van der Waals surface area contributed by atoms with E-state index in [2.05, 4.69) is 18.3 Å². The quantitative estimate of drug-likeness (QED) is 0.505. The second-order valence-electron chi connectivity index (χ2n) is 4.40. The highest BCUT2D eigenvalue weighted by Crippen LogP contribution is 2.19. The molecular weight excluding hydrogens is 240 g/mol. The molecule has 0 heterocycles. The van der Waals surface area contributed by atoms with Gasteiger partial charge in [-0.15, -0.1) is 0 Å². The third-order valence-corrected chi connectivity index (χ3v) is 2.81. The lowest BCUT2D eigenvalue weighted by Gasteiger charge is -2.10. The van der Waals surface area contributed by atoms with E-state index in [1.54, 1.807) is 0 Å². The van der Waals surface area contributed by atoms with Gasteiger partial charge < -0.3 is 20.5 Å². The van der Waals surface area contributed by atoms with Gasteiger partial charge in [0.2, 0.25) is 0 Å². The minimum atomic E-state index is 0.651. The van der Waals surface area contributed by atoms with Crippen LogP contribution < -0.4 is 11.1 Å². The van der Waals surface area contributed by atoms with Crippen molar-refractivity contribution in [1.29, 1.82) is 0 Å². The second kappa shape index (κ2) is 9.64. The molecule has 0 unspecified atom stereocenters. The highest BCUT2D eigenvalue weighted by atomic mass is 16.5. The SMILES string of the molecule is CCCc1cc(NCCOCCOCC)ccc1N. The van der Waals surface area contributed by atoms with Crippen LogP contribution in [0.1, 0.15) is 25.8 Å². The number of hydrogen-bond acceptors (Lipinski definition) is 4. The van der Waals surface area contributed by atoms with Crippen molar-refractivity contribution in [2.24, 2.45) is 0 Å². The lowest BCUT2D eigenvalue weighted by Crippen LogP contribution is -2.12. The first-order valence-electron chi connectivity index (χ1n) is 7.05. The number of aryl methyl sites for hydroxylation is 1. The van der Waals surface area contributed by atoms with Gasteiger partial charge in [-0.1, -0.05) is 13.3 Å². The number of anilines is 2. The van der Waals surface area contributed by atoms with E-state index in [4.69, 9.17) is 15.2 Å². The Morgan fingerprint density at radius 3 is 2.63 bits per heavy atom. The molecule has 0 spiro atoms. The molecule has 0 radical (unpaired) electrons. The maximum absolute atomic E-state index is 5.93. The van der Waals surface area contributed by atoms with Gasteiger partial charge in [-0.3, -0.25) is 0 Å². The molecule has 0 aromatic heterocycles. The molecule has 1 aromatic carbocycles. The molecule has 0 saturated heterocycles. The summed E-state index contributed by atoms with van der Waals surface area (Å²) in [5.74, 6) is 0. The maximum Gasteiger partial charge on any atom is 0.0701 e. The van der Waals surface area contributed by atoms with E-state index in [1.807, 2.05) is 19.1 Å². The van der Waals surface area contributed by atoms with Gasteiger partial charge in [0.05, 0.1) is 19.8 Å². The van der Waals surface area contributed by atoms with Crippen LogP contribution in [-0.4, -0.2) is 33.0 Å². The minimum Gasteiger partial charge on any atom is -0.399 e. The number of nitrogen functional groups attached to an aromatic ring is 1. The summed E-state index contributed by atoms with van der Waals surface area (Å²) in [6.45, 7) is 7.68. The summed E-state index contributed by atoms with van der Waals surface area (Å²) >= 11 is 0. The molecule has 0 saturated carbocycles. The average molecular weight is 266 g/mol. The van der Waals surface area contributed by atoms with Gasteiger partial charge in [-0.2, -0.15) is 0 Å². The molecule has 4 heteroatoms. The zero-order chi connectivity index (χ0) is 13.9. The number of nitrogens with one attached hydrogen (secondary N) is 1. The molecule has 4 nitrogen and oxygen atoms in total. The van der Waals surface area contributed by atoms with Crippen LogP contribution in [0, 0.1) is 0 Å². The first kappa shape index (κ1) is 15.8. The molecule has 1 aromatic rings. The molecule has 3 N–H and O–H groups in total. The Kier molecular flexibility index (Phi) is 8.02. The third kappa shape index (κ3) is 6.45. The topological polar surface area (TPSA) is 56.5 Å². The Balaban J connectivity index is 2.23. The van der Waals surface area contributed by atoms with Crippen molar-refractivity contribution in [2.75, 3.05) is 44.0 Å². The van der Waals surface area contributed by atoms with Crippen LogP contribution in [0.3, 0.4) is 0 Å². The van der Waals surface area contributed by atoms with Crippen molar-refractivity contribution in [1.82, 2.24) is 0 Å². The molecule has 0 bridgehead atoms. The first-order valence-corrected chi connectivity index (χ1v) is 7.05. The summed E-state index contributed by atoms with van der Waals surface area (Å²) < 4.78 is 10.6. The van der Waals surface area contributed by atoms with Crippen LogP contribution in [0.2, 0.25) is 0 Å². The van der Waals surface area contributed by atoms with E-state index in [1.165, 1.54) is 5.56 Å². The van der Waals surface area contributed by atoms with Crippen LogP contribution in [0.25, 0.3) is 0 Å². The molecule has 1 rings (SSSR count). The van der Waals surface area contributed by atoms with Gasteiger partial charge in [0, 0.05) is 24.5 Å². The van der Waals surface area contributed by atoms with Crippen LogP contribution in [-0.2, 0) is 15.9 Å². The normalized spacial score (nSPS) is 10.6. The van der Waals surface area contributed by atoms with Gasteiger partial charge in [0.15, 0.2) is 0 Å². The predicted octanol–water partition coefficient (Wildman–Crippen LogP) is 2.69. The smallest absolute Gasteiger partial charge is 0.0701 e. The van der Waals surface area contributed by atoms with Crippen molar-refractivity contribution in [2.45, 2.75) is 26.7 Å². The second-order valence-corrected chi connectivity index (χ2v) is 4.40. The van der Waals surface area contributed by atoms with Crippen molar-refractivity contribution in [3.05, 3.63) is 23.8 Å². The summed E-state index contributed by atoms with van der Waals surface area (Å²) in [6, 6.07) is 6.09. The Labute approximate surface area is 116 Å². The fraction of sp³-hybridized carbons (Fsp3) is 0.600. The van der Waals surface area contributed by atoms with Gasteiger partial charge in [-0.25, -0.2) is 0 Å². The molecule has 0 atom stereocenters. The van der Waals surface area contributed by atoms with Crippen LogP contribution in [0.15, 0.2) is 18.2 Å². The summed E-state index contributed by atoms with van der Waals surface area (Å²) in [6.07, 6.45) is 2.13. The number of nitrogens with two attached hydrogens (primary N) is 1. The largest absolute Gasteiger partial charge is 0.399 e. The minimum absolute atomic E-state index is 0.651. The van der Waals surface area contributed by atoms with E-state index < -0.39 is 0 Å². The van der Waals surface area contributed by atoms with Gasteiger partial charge in [0.1, 0.15) is 0 Å². The Morgan fingerprint density at radius 2 is 1.89 bits per heavy atom. The van der Waals surface area contributed by atoms with Gasteiger partial charge >= 0.3 is 0 Å². The number of ether oxygens (including phenoxy) is 2. The number of benzene rings is 1. The molecule has 0 amide bonds. The lowest BCUT2D eigenvalue weighted by molar-refractivity contribution is 0.0570. The summed E-state index contributed by atoms with van der Waals surface area (Å²) in [4.78, 5) is 0. The van der Waals surface area contributed by atoms with E-state index in [0.717, 1.165) is 37.4 Å². The Hall–Kier alpha value is -1.26. The molecular formula is C15H26N2O2. The standard InChI is InChI=1S/C15H26N2O2/c1-3-5-13-12-14(6-7-15(13)16)17-8-9-19-11-10-18-4-2/h6-7,12,17H,3-5,8-11,16H2,1-2H3. The number of rotatable bonds is 10. The maximum atomic E-state index is 5.93. The zero-order valence-corrected chi connectivity index (χ0v) is 12.1. The molecule has 0 aliphatic heterocycles. The first-order chi connectivity index (χ1) is 9.27. The fourth-order valence-corrected chi connectivity index (χ4v) is 1.83. The molecule has 0 aliphatic carbocycles. The van der Waals surface area contributed by atoms with E-state index in [9.17, 15) is 0 Å². The van der Waals surface area contributed by atoms with Crippen LogP contribution >= 0.6 is 0 Å². The van der Waals surface area contributed by atoms with Crippen LogP contribution in [0.5, 0.6) is 0 Å². The van der Waals surface area contributed by atoms with E-state index in [-0.39, 0.29) is 0 Å². The van der Waals surface area contributed by atoms with Crippen molar-refractivity contribution in [3.63, 3.8) is 0 Å². The van der Waals surface area contributed by atoms with Crippen molar-refractivity contribution in [3.8, 4) is 0 Å². The monoisotopic (exact) mass is 266 g/mol. The summed E-state index contributed by atoms with van der Waals surface area (Å²) in [5, 5.41) is 3.34. The summed E-state index contributed by atoms with van der Waals surface area (Å²) in [5.41, 5.74) is 9.12. The molecule has 19 heavy (non-hydrogen) atoms. The Morgan fingerprint density at radius 1 is 1.11 bits per heavy atom. The van der Waals surface area contributed by atoms with Crippen LogP contribution in [0.4, 0.5) is 11.4 Å². The van der Waals surface area contributed by atoms with Crippen molar-refractivity contribution >= 4 is 11.4 Å². The molecule has 0 aliphatic rings. The summed E-state index contributed by atoms with van der Waals surface area (Å²) in [7, 11) is 0. The average Bonchev–Trinajstić information content (AvgIpc) is 2.41. The molecule has 108 valence electrons.